The molecule has 0 radical (unpaired) electrons. The Bertz CT molecular complexity index is 698. The molecule has 21 heavy (non-hydrogen) atoms. The van der Waals surface area contributed by atoms with E-state index in [0.717, 1.165) is 6.07 Å². The third kappa shape index (κ3) is 4.01. The highest BCUT2D eigenvalue weighted by Gasteiger charge is 2.32. The fourth-order valence-corrected chi connectivity index (χ4v) is 1.86. The van der Waals surface area contributed by atoms with Crippen molar-refractivity contribution < 1.29 is 17.9 Å². The maximum atomic E-state index is 12.8. The predicted molar refractivity (Wildman–Crippen MR) is 73.4 cm³/mol. The molecule has 0 spiro atoms. The molecule has 0 saturated carbocycles. The van der Waals surface area contributed by atoms with Gasteiger partial charge in [-0.3, -0.25) is 4.98 Å². The lowest BCUT2D eigenvalue weighted by Gasteiger charge is -2.11. The van der Waals surface area contributed by atoms with E-state index in [4.69, 9.17) is 17.0 Å². The van der Waals surface area contributed by atoms with Gasteiger partial charge in [0.05, 0.1) is 18.0 Å². The van der Waals surface area contributed by atoms with Crippen molar-refractivity contribution in [2.45, 2.75) is 26.1 Å². The molecule has 2 rings (SSSR count). The van der Waals surface area contributed by atoms with Crippen LogP contribution in [0.4, 0.5) is 13.2 Å². The molecule has 0 aliphatic carbocycles. The predicted octanol–water partition coefficient (Wildman–Crippen LogP) is 4.01. The van der Waals surface area contributed by atoms with Crippen molar-refractivity contribution in [2.75, 3.05) is 0 Å². The van der Waals surface area contributed by atoms with Gasteiger partial charge in [-0.1, -0.05) is 0 Å². The number of H-pyrrole nitrogens is 1. The minimum absolute atomic E-state index is 0.0700. The number of rotatable bonds is 3. The summed E-state index contributed by atoms with van der Waals surface area (Å²) >= 11 is 4.74. The standard InChI is InChI=1S/C13H12F3N3OS/c1-7(2)20-9-3-8(5-17-6-9)10-4-11(13(14,15)16)19-12(21)18-10/h3-7H,1-2H3,(H,18,19,21). The smallest absolute Gasteiger partial charge is 0.431 e. The van der Waals surface area contributed by atoms with E-state index in [0.29, 0.717) is 11.3 Å². The first-order valence-electron chi connectivity index (χ1n) is 6.06. The van der Waals surface area contributed by atoms with E-state index < -0.39 is 11.9 Å². The van der Waals surface area contributed by atoms with Crippen molar-refractivity contribution in [1.29, 1.82) is 0 Å². The zero-order valence-electron chi connectivity index (χ0n) is 11.2. The van der Waals surface area contributed by atoms with Gasteiger partial charge in [-0.15, -0.1) is 0 Å². The normalized spacial score (nSPS) is 11.7. The molecule has 0 aromatic carbocycles. The first-order chi connectivity index (χ1) is 9.75. The van der Waals surface area contributed by atoms with Gasteiger partial charge < -0.3 is 9.72 Å². The SMILES string of the molecule is CC(C)Oc1cncc(-c2cc(C(F)(F)F)[nH]c(=S)n2)c1. The van der Waals surface area contributed by atoms with Gasteiger partial charge in [-0.05, 0) is 38.2 Å². The number of hydrogen-bond acceptors (Lipinski definition) is 4. The van der Waals surface area contributed by atoms with Crippen molar-refractivity contribution in [1.82, 2.24) is 15.0 Å². The van der Waals surface area contributed by atoms with Crippen LogP contribution in [-0.4, -0.2) is 21.1 Å². The number of pyridine rings is 1. The molecule has 0 unspecified atom stereocenters. The van der Waals surface area contributed by atoms with Crippen molar-refractivity contribution in [3.8, 4) is 17.0 Å². The lowest BCUT2D eigenvalue weighted by molar-refractivity contribution is -0.141. The molecular formula is C13H12F3N3OS. The Balaban J connectivity index is 2.47. The summed E-state index contributed by atoms with van der Waals surface area (Å²) in [6, 6.07) is 2.47. The van der Waals surface area contributed by atoms with Crippen molar-refractivity contribution in [3.63, 3.8) is 0 Å². The van der Waals surface area contributed by atoms with Gasteiger partial charge in [-0.2, -0.15) is 13.2 Å². The maximum Gasteiger partial charge on any atom is 0.431 e. The second kappa shape index (κ2) is 5.80. The van der Waals surface area contributed by atoms with E-state index in [1.807, 2.05) is 18.8 Å². The summed E-state index contributed by atoms with van der Waals surface area (Å²) in [5, 5.41) is 0. The van der Waals surface area contributed by atoms with E-state index in [-0.39, 0.29) is 16.6 Å². The van der Waals surface area contributed by atoms with Crippen LogP contribution in [0, 0.1) is 4.77 Å². The number of nitrogens with zero attached hydrogens (tertiary/aromatic N) is 2. The quantitative estimate of drug-likeness (QED) is 0.870. The fraction of sp³-hybridized carbons (Fsp3) is 0.308. The largest absolute Gasteiger partial charge is 0.489 e. The molecule has 0 fully saturated rings. The third-order valence-electron chi connectivity index (χ3n) is 2.43. The molecule has 2 aromatic rings. The van der Waals surface area contributed by atoms with Crippen LogP contribution >= 0.6 is 12.2 Å². The molecule has 0 saturated heterocycles. The van der Waals surface area contributed by atoms with E-state index in [1.54, 1.807) is 6.07 Å². The van der Waals surface area contributed by atoms with Crippen LogP contribution in [0.2, 0.25) is 0 Å². The minimum Gasteiger partial charge on any atom is -0.489 e. The Morgan fingerprint density at radius 2 is 1.95 bits per heavy atom. The van der Waals surface area contributed by atoms with Gasteiger partial charge >= 0.3 is 6.18 Å². The van der Waals surface area contributed by atoms with E-state index in [2.05, 4.69) is 9.97 Å². The molecule has 1 N–H and O–H groups in total. The molecule has 4 nitrogen and oxygen atoms in total. The van der Waals surface area contributed by atoms with Crippen LogP contribution in [0.25, 0.3) is 11.3 Å². The Morgan fingerprint density at radius 3 is 2.57 bits per heavy atom. The Morgan fingerprint density at radius 1 is 1.24 bits per heavy atom. The van der Waals surface area contributed by atoms with Gasteiger partial charge in [0.15, 0.2) is 4.77 Å². The molecule has 0 atom stereocenters. The zero-order valence-corrected chi connectivity index (χ0v) is 12.0. The average molecular weight is 315 g/mol. The number of aromatic nitrogens is 3. The lowest BCUT2D eigenvalue weighted by atomic mass is 10.2. The topological polar surface area (TPSA) is 50.8 Å². The summed E-state index contributed by atoms with van der Waals surface area (Å²) in [6.07, 6.45) is -1.70. The molecule has 2 aromatic heterocycles. The first-order valence-corrected chi connectivity index (χ1v) is 6.47. The minimum atomic E-state index is -4.52. The van der Waals surface area contributed by atoms with Gasteiger partial charge in [0.1, 0.15) is 11.4 Å². The average Bonchev–Trinajstić information content (AvgIpc) is 2.36. The maximum absolute atomic E-state index is 12.8. The van der Waals surface area contributed by atoms with Gasteiger partial charge in [0, 0.05) is 11.8 Å². The molecule has 2 heterocycles. The van der Waals surface area contributed by atoms with Gasteiger partial charge in [0.25, 0.3) is 0 Å². The second-order valence-corrected chi connectivity index (χ2v) is 4.95. The Kier molecular flexibility index (Phi) is 4.26. The molecule has 112 valence electrons. The zero-order chi connectivity index (χ0) is 15.6. The van der Waals surface area contributed by atoms with Crippen LogP contribution in [0.1, 0.15) is 19.5 Å². The second-order valence-electron chi connectivity index (χ2n) is 4.56. The lowest BCUT2D eigenvalue weighted by Crippen LogP contribution is -2.09. The number of ether oxygens (including phenoxy) is 1. The van der Waals surface area contributed by atoms with Crippen LogP contribution in [-0.2, 0) is 6.18 Å². The highest BCUT2D eigenvalue weighted by molar-refractivity contribution is 7.71. The summed E-state index contributed by atoms with van der Waals surface area (Å²) in [6.45, 7) is 3.68. The van der Waals surface area contributed by atoms with Crippen molar-refractivity contribution >= 4 is 12.2 Å². The number of hydrogen-bond donors (Lipinski definition) is 1. The van der Waals surface area contributed by atoms with Crippen LogP contribution in [0.5, 0.6) is 5.75 Å². The molecule has 0 bridgehead atoms. The fourth-order valence-electron chi connectivity index (χ4n) is 1.65. The van der Waals surface area contributed by atoms with Crippen LogP contribution in [0.15, 0.2) is 24.5 Å². The molecule has 0 aliphatic rings. The van der Waals surface area contributed by atoms with E-state index >= 15 is 0 Å². The first kappa shape index (κ1) is 15.4. The molecule has 0 aliphatic heterocycles. The molecular weight excluding hydrogens is 303 g/mol. The number of alkyl halides is 3. The summed E-state index contributed by atoms with van der Waals surface area (Å²) in [5.41, 5.74) is -0.459. The molecule has 8 heteroatoms. The number of nitrogens with one attached hydrogen (secondary N) is 1. The van der Waals surface area contributed by atoms with Crippen LogP contribution in [0.3, 0.4) is 0 Å². The highest BCUT2D eigenvalue weighted by Crippen LogP contribution is 2.30. The number of aromatic amines is 1. The summed E-state index contributed by atoms with van der Waals surface area (Å²) in [7, 11) is 0. The summed E-state index contributed by atoms with van der Waals surface area (Å²) in [5.74, 6) is 0.455. The van der Waals surface area contributed by atoms with Gasteiger partial charge in [-0.25, -0.2) is 4.98 Å². The monoisotopic (exact) mass is 315 g/mol. The Labute approximate surface area is 124 Å². The van der Waals surface area contributed by atoms with Crippen molar-refractivity contribution in [3.05, 3.63) is 35.0 Å². The van der Waals surface area contributed by atoms with E-state index in [1.165, 1.54) is 12.4 Å². The van der Waals surface area contributed by atoms with E-state index in [9.17, 15) is 13.2 Å². The van der Waals surface area contributed by atoms with Crippen molar-refractivity contribution in [2.24, 2.45) is 0 Å². The summed E-state index contributed by atoms with van der Waals surface area (Å²) in [4.78, 5) is 9.88. The van der Waals surface area contributed by atoms with Gasteiger partial charge in [0.2, 0.25) is 0 Å². The van der Waals surface area contributed by atoms with Crippen LogP contribution < -0.4 is 4.74 Å². The summed E-state index contributed by atoms with van der Waals surface area (Å²) < 4.78 is 43.5. The third-order valence-corrected chi connectivity index (χ3v) is 2.62. The Hall–Kier alpha value is -1.96. The number of halogens is 3. The molecule has 0 amide bonds. The highest BCUT2D eigenvalue weighted by atomic mass is 32.1.